The number of aliphatic carboxylic acids is 1. The molecule has 0 radical (unpaired) electrons. The fraction of sp³-hybridized carbons (Fsp3) is 0.844. The van der Waals surface area contributed by atoms with Gasteiger partial charge in [-0.3, -0.25) is 9.59 Å². The second-order valence-corrected chi connectivity index (χ2v) is 11.7. The van der Waals surface area contributed by atoms with Crippen molar-refractivity contribution in [3.8, 4) is 0 Å². The highest BCUT2D eigenvalue weighted by Gasteiger charge is 2.25. The van der Waals surface area contributed by atoms with Gasteiger partial charge in [-0.2, -0.15) is 0 Å². The first-order valence-corrected chi connectivity index (χ1v) is 15.7. The molecular weight excluding hydrogens is 510 g/mol. The van der Waals surface area contributed by atoms with Crippen molar-refractivity contribution >= 4 is 17.9 Å². The van der Waals surface area contributed by atoms with Gasteiger partial charge in [-0.05, 0) is 32.1 Å². The van der Waals surface area contributed by atoms with Gasteiger partial charge in [-0.1, -0.05) is 83.8 Å². The number of rotatable bonds is 27. The number of ether oxygens (including phenoxy) is 3. The third kappa shape index (κ3) is 22.8. The van der Waals surface area contributed by atoms with Crippen LogP contribution >= 0.6 is 0 Å². The van der Waals surface area contributed by atoms with E-state index in [-0.39, 0.29) is 42.7 Å². The molecule has 0 aromatic heterocycles. The Labute approximate surface area is 244 Å². The van der Waals surface area contributed by atoms with E-state index in [1.165, 1.54) is 51.4 Å². The van der Waals surface area contributed by atoms with Crippen molar-refractivity contribution in [1.29, 1.82) is 0 Å². The first-order chi connectivity index (χ1) is 19.1. The maximum absolute atomic E-state index is 12.4. The molecule has 0 aromatic rings. The van der Waals surface area contributed by atoms with Gasteiger partial charge in [0.2, 0.25) is 0 Å². The minimum Gasteiger partial charge on any atom is -0.544 e. The quantitative estimate of drug-likeness (QED) is 0.0556. The highest BCUT2D eigenvalue weighted by molar-refractivity contribution is 5.70. The molecule has 0 bridgehead atoms. The lowest BCUT2D eigenvalue weighted by Gasteiger charge is -2.34. The van der Waals surface area contributed by atoms with E-state index in [2.05, 4.69) is 26.0 Å². The summed E-state index contributed by atoms with van der Waals surface area (Å²) in [5.74, 6) is -1.79. The summed E-state index contributed by atoms with van der Waals surface area (Å²) in [6, 6.07) is -0.721. The van der Waals surface area contributed by atoms with Crippen molar-refractivity contribution in [2.75, 3.05) is 41.0 Å². The molecule has 0 aliphatic carbocycles. The number of carboxylic acids is 1. The summed E-state index contributed by atoms with van der Waals surface area (Å²) >= 11 is 0. The van der Waals surface area contributed by atoms with E-state index in [1.54, 1.807) is 21.1 Å². The zero-order chi connectivity index (χ0) is 30.1. The molecule has 0 aliphatic heterocycles. The Morgan fingerprint density at radius 3 is 1.88 bits per heavy atom. The van der Waals surface area contributed by atoms with E-state index in [0.717, 1.165) is 32.1 Å². The van der Waals surface area contributed by atoms with E-state index in [4.69, 9.17) is 14.2 Å². The number of unbranched alkanes of at least 4 members (excludes halogenated alkanes) is 11. The molecule has 0 aromatic carbocycles. The summed E-state index contributed by atoms with van der Waals surface area (Å²) in [5.41, 5.74) is 0. The molecule has 0 fully saturated rings. The molecule has 0 rings (SSSR count). The molecule has 0 heterocycles. The molecule has 8 nitrogen and oxygen atoms in total. The number of hydrogen-bond acceptors (Lipinski definition) is 7. The van der Waals surface area contributed by atoms with Crippen molar-refractivity contribution in [3.63, 3.8) is 0 Å². The monoisotopic (exact) mass is 569 g/mol. The fourth-order valence-electron chi connectivity index (χ4n) is 4.37. The van der Waals surface area contributed by atoms with Crippen molar-refractivity contribution in [3.05, 3.63) is 12.2 Å². The van der Waals surface area contributed by atoms with E-state index in [1.807, 2.05) is 0 Å². The number of hydrogen-bond donors (Lipinski definition) is 0. The van der Waals surface area contributed by atoms with Gasteiger partial charge in [0, 0.05) is 19.3 Å². The number of likely N-dealkylation sites (N-methyl/N-ethyl adjacent to an activating group) is 1. The molecule has 0 amide bonds. The minimum atomic E-state index is -1.13. The second-order valence-electron chi connectivity index (χ2n) is 11.7. The Morgan fingerprint density at radius 1 is 0.725 bits per heavy atom. The fourth-order valence-corrected chi connectivity index (χ4v) is 4.37. The van der Waals surface area contributed by atoms with Crippen LogP contribution in [0.1, 0.15) is 123 Å². The maximum Gasteiger partial charge on any atom is 0.306 e. The topological polar surface area (TPSA) is 102 Å². The van der Waals surface area contributed by atoms with Gasteiger partial charge in [0.1, 0.15) is 12.6 Å². The molecule has 0 spiro atoms. The number of esters is 2. The van der Waals surface area contributed by atoms with Crippen LogP contribution in [0, 0.1) is 0 Å². The van der Waals surface area contributed by atoms with Crippen molar-refractivity contribution in [2.24, 2.45) is 0 Å². The summed E-state index contributed by atoms with van der Waals surface area (Å²) < 4.78 is 16.9. The summed E-state index contributed by atoms with van der Waals surface area (Å²) in [6.45, 7) is 4.52. The number of carbonyl (C=O) groups excluding carboxylic acids is 3. The SMILES string of the molecule is CCCCCC/C=C/CCCC(=O)OCC(COCCC(C(=O)[O-])[N+](C)(C)C)OC(=O)CCCCCCCCC. The number of quaternary nitrogens is 1. The van der Waals surface area contributed by atoms with Crippen LogP contribution in [-0.4, -0.2) is 75.5 Å². The Morgan fingerprint density at radius 2 is 1.27 bits per heavy atom. The molecule has 0 aliphatic rings. The smallest absolute Gasteiger partial charge is 0.306 e. The van der Waals surface area contributed by atoms with E-state index in [0.29, 0.717) is 19.3 Å². The molecule has 2 atom stereocenters. The van der Waals surface area contributed by atoms with Crippen LogP contribution in [0.2, 0.25) is 0 Å². The van der Waals surface area contributed by atoms with Gasteiger partial charge in [-0.25, -0.2) is 0 Å². The zero-order valence-electron chi connectivity index (χ0n) is 26.3. The third-order valence-electron chi connectivity index (χ3n) is 6.90. The van der Waals surface area contributed by atoms with Crippen LogP contribution < -0.4 is 5.11 Å². The van der Waals surface area contributed by atoms with Gasteiger partial charge >= 0.3 is 11.9 Å². The summed E-state index contributed by atoms with van der Waals surface area (Å²) in [7, 11) is 5.37. The van der Waals surface area contributed by atoms with Crippen LogP contribution in [-0.2, 0) is 28.6 Å². The second kappa shape index (κ2) is 24.8. The first-order valence-electron chi connectivity index (χ1n) is 15.7. The molecule has 40 heavy (non-hydrogen) atoms. The Bertz CT molecular complexity index is 687. The zero-order valence-corrected chi connectivity index (χ0v) is 26.3. The van der Waals surface area contributed by atoms with Gasteiger partial charge in [0.15, 0.2) is 6.10 Å². The third-order valence-corrected chi connectivity index (χ3v) is 6.90. The molecule has 8 heteroatoms. The lowest BCUT2D eigenvalue weighted by Crippen LogP contribution is -2.55. The lowest BCUT2D eigenvalue weighted by atomic mass is 10.1. The van der Waals surface area contributed by atoms with Gasteiger partial charge in [-0.15, -0.1) is 0 Å². The van der Waals surface area contributed by atoms with Crippen LogP contribution in [0.3, 0.4) is 0 Å². The average molecular weight is 570 g/mol. The van der Waals surface area contributed by atoms with Gasteiger partial charge in [0.05, 0.1) is 40.3 Å². The highest BCUT2D eigenvalue weighted by atomic mass is 16.6. The maximum atomic E-state index is 12.4. The highest BCUT2D eigenvalue weighted by Crippen LogP contribution is 2.11. The predicted molar refractivity (Wildman–Crippen MR) is 157 cm³/mol. The van der Waals surface area contributed by atoms with E-state index < -0.39 is 18.1 Å². The molecular formula is C32H59NO7. The average Bonchev–Trinajstić information content (AvgIpc) is 2.89. The lowest BCUT2D eigenvalue weighted by molar-refractivity contribution is -0.889. The Kier molecular flexibility index (Phi) is 23.6. The first kappa shape index (κ1) is 38.1. The van der Waals surface area contributed by atoms with Crippen LogP contribution in [0.4, 0.5) is 0 Å². The summed E-state index contributed by atoms with van der Waals surface area (Å²) in [5, 5.41) is 11.5. The van der Waals surface area contributed by atoms with Crippen LogP contribution in [0.15, 0.2) is 12.2 Å². The minimum absolute atomic E-state index is 0.0354. The number of nitrogens with zero attached hydrogens (tertiary/aromatic N) is 1. The molecule has 0 saturated carbocycles. The predicted octanol–water partition coefficient (Wildman–Crippen LogP) is 5.51. The van der Waals surface area contributed by atoms with Crippen LogP contribution in [0.5, 0.6) is 0 Å². The van der Waals surface area contributed by atoms with E-state index >= 15 is 0 Å². The largest absolute Gasteiger partial charge is 0.544 e. The number of allylic oxidation sites excluding steroid dienone is 2. The van der Waals surface area contributed by atoms with Gasteiger partial charge in [0.25, 0.3) is 0 Å². The summed E-state index contributed by atoms with van der Waals surface area (Å²) in [4.78, 5) is 36.2. The van der Waals surface area contributed by atoms with Gasteiger partial charge < -0.3 is 28.6 Å². The normalized spacial score (nSPS) is 13.3. The Hall–Kier alpha value is -1.93. The van der Waals surface area contributed by atoms with Crippen LogP contribution in [0.25, 0.3) is 0 Å². The molecule has 0 N–H and O–H groups in total. The number of carboxylic acid groups (broad SMARTS) is 1. The molecule has 0 saturated heterocycles. The van der Waals surface area contributed by atoms with E-state index in [9.17, 15) is 19.5 Å². The summed E-state index contributed by atoms with van der Waals surface area (Å²) in [6.07, 6.45) is 19.8. The van der Waals surface area contributed by atoms with Crippen molar-refractivity contribution in [1.82, 2.24) is 0 Å². The number of carbonyl (C=O) groups is 3. The molecule has 2 unspecified atom stereocenters. The van der Waals surface area contributed by atoms with Crippen molar-refractivity contribution in [2.45, 2.75) is 135 Å². The Balaban J connectivity index is 4.55. The van der Waals surface area contributed by atoms with Crippen molar-refractivity contribution < 1.29 is 38.2 Å². The standard InChI is InChI=1S/C32H59NO7/c1-6-8-10-12-14-15-17-18-20-22-30(34)39-27-28(26-38-25-24-29(32(36)37)33(3,4)5)40-31(35)23-21-19-16-13-11-9-7-2/h15,17,28-29H,6-14,16,18-27H2,1-5H3/b17-15+. The molecule has 234 valence electrons.